The molecular weight excluding hydrogens is 282 g/mol. The Hall–Kier alpha value is -0.820. The summed E-state index contributed by atoms with van der Waals surface area (Å²) in [5, 5.41) is 2.82. The molecule has 1 aliphatic rings. The smallest absolute Gasteiger partial charge is 0.407 e. The van der Waals surface area contributed by atoms with Gasteiger partial charge in [-0.15, -0.1) is 0 Å². The zero-order chi connectivity index (χ0) is 15.6. The van der Waals surface area contributed by atoms with Crippen molar-refractivity contribution in [3.8, 4) is 0 Å². The second-order valence-electron chi connectivity index (χ2n) is 6.47. The van der Waals surface area contributed by atoms with Crippen LogP contribution in [0, 0.1) is 5.92 Å². The van der Waals surface area contributed by atoms with Gasteiger partial charge in [-0.1, -0.05) is 6.92 Å². The molecule has 1 N–H and O–H groups in total. The molecule has 6 nitrogen and oxygen atoms in total. The molecule has 7 heteroatoms. The van der Waals surface area contributed by atoms with E-state index < -0.39 is 21.8 Å². The maximum Gasteiger partial charge on any atom is 0.407 e. The van der Waals surface area contributed by atoms with Crippen molar-refractivity contribution in [2.24, 2.45) is 5.92 Å². The fourth-order valence-corrected chi connectivity index (χ4v) is 3.08. The Balaban J connectivity index is 2.46. The van der Waals surface area contributed by atoms with E-state index in [0.29, 0.717) is 19.3 Å². The molecule has 0 heterocycles. The largest absolute Gasteiger partial charge is 0.444 e. The number of amides is 1. The molecule has 1 fully saturated rings. The third-order valence-electron chi connectivity index (χ3n) is 3.11. The SMILES string of the molecule is C[C@H]1C[C@@H](NC(=O)OC(C)(C)C)CC[C@@H]1OS(C)(=O)=O. The summed E-state index contributed by atoms with van der Waals surface area (Å²) >= 11 is 0. The van der Waals surface area contributed by atoms with E-state index in [1.807, 2.05) is 27.7 Å². The average Bonchev–Trinajstić information content (AvgIpc) is 2.17. The van der Waals surface area contributed by atoms with Crippen LogP contribution in [0.5, 0.6) is 0 Å². The van der Waals surface area contributed by atoms with E-state index in [4.69, 9.17) is 8.92 Å². The zero-order valence-electron chi connectivity index (χ0n) is 12.8. The summed E-state index contributed by atoms with van der Waals surface area (Å²) in [6, 6.07) is -0.000685. The maximum atomic E-state index is 11.7. The minimum atomic E-state index is -3.43. The summed E-state index contributed by atoms with van der Waals surface area (Å²) in [7, 11) is -3.43. The highest BCUT2D eigenvalue weighted by molar-refractivity contribution is 7.86. The average molecular weight is 307 g/mol. The number of ether oxygens (including phenoxy) is 1. The molecule has 0 radical (unpaired) electrons. The van der Waals surface area contributed by atoms with Crippen LogP contribution in [0.4, 0.5) is 4.79 Å². The number of carbonyl (C=O) groups is 1. The van der Waals surface area contributed by atoms with Gasteiger partial charge in [0, 0.05) is 6.04 Å². The van der Waals surface area contributed by atoms with E-state index in [2.05, 4.69) is 5.32 Å². The predicted molar refractivity (Wildman–Crippen MR) is 75.9 cm³/mol. The zero-order valence-corrected chi connectivity index (χ0v) is 13.6. The summed E-state index contributed by atoms with van der Waals surface area (Å²) in [5.41, 5.74) is -0.522. The number of nitrogens with one attached hydrogen (secondary N) is 1. The molecule has 0 bridgehead atoms. The number of hydrogen-bond acceptors (Lipinski definition) is 5. The van der Waals surface area contributed by atoms with Crippen molar-refractivity contribution in [3.05, 3.63) is 0 Å². The molecule has 0 spiro atoms. The van der Waals surface area contributed by atoms with E-state index in [9.17, 15) is 13.2 Å². The van der Waals surface area contributed by atoms with Crippen LogP contribution in [0.3, 0.4) is 0 Å². The normalized spacial score (nSPS) is 27.9. The Labute approximate surface area is 121 Å². The highest BCUT2D eigenvalue weighted by Gasteiger charge is 2.32. The van der Waals surface area contributed by atoms with Crippen molar-refractivity contribution >= 4 is 16.2 Å². The molecule has 1 saturated carbocycles. The number of alkyl carbamates (subject to hydrolysis) is 1. The molecule has 3 atom stereocenters. The molecule has 0 aromatic rings. The molecule has 1 amide bonds. The van der Waals surface area contributed by atoms with Crippen LogP contribution < -0.4 is 5.32 Å². The first-order chi connectivity index (χ1) is 8.96. The van der Waals surface area contributed by atoms with Crippen LogP contribution in [-0.2, 0) is 19.0 Å². The molecule has 20 heavy (non-hydrogen) atoms. The minimum absolute atomic E-state index is 0.000685. The van der Waals surface area contributed by atoms with Gasteiger partial charge in [0.15, 0.2) is 0 Å². The van der Waals surface area contributed by atoms with Gasteiger partial charge in [-0.05, 0) is 46.0 Å². The van der Waals surface area contributed by atoms with Crippen molar-refractivity contribution in [1.29, 1.82) is 0 Å². The van der Waals surface area contributed by atoms with Gasteiger partial charge in [-0.3, -0.25) is 4.18 Å². The van der Waals surface area contributed by atoms with E-state index in [1.54, 1.807) is 0 Å². The fourth-order valence-electron chi connectivity index (χ4n) is 2.34. The molecule has 0 aromatic carbocycles. The lowest BCUT2D eigenvalue weighted by Gasteiger charge is -2.33. The van der Waals surface area contributed by atoms with Crippen molar-refractivity contribution in [2.45, 2.75) is 64.7 Å². The predicted octanol–water partition coefficient (Wildman–Crippen LogP) is 2.04. The van der Waals surface area contributed by atoms with Crippen molar-refractivity contribution in [1.82, 2.24) is 5.32 Å². The van der Waals surface area contributed by atoms with Gasteiger partial charge in [-0.2, -0.15) is 8.42 Å². The molecule has 1 rings (SSSR count). The molecule has 0 saturated heterocycles. The molecular formula is C13H25NO5S. The molecule has 118 valence electrons. The lowest BCUT2D eigenvalue weighted by molar-refractivity contribution is 0.0431. The van der Waals surface area contributed by atoms with Gasteiger partial charge in [0.2, 0.25) is 0 Å². The topological polar surface area (TPSA) is 81.7 Å². The van der Waals surface area contributed by atoms with E-state index in [-0.39, 0.29) is 18.1 Å². The first-order valence-corrected chi connectivity index (χ1v) is 8.66. The van der Waals surface area contributed by atoms with Gasteiger partial charge in [0.1, 0.15) is 5.60 Å². The first-order valence-electron chi connectivity index (χ1n) is 6.84. The first kappa shape index (κ1) is 17.2. The van der Waals surface area contributed by atoms with Gasteiger partial charge in [-0.25, -0.2) is 4.79 Å². The van der Waals surface area contributed by atoms with Gasteiger partial charge in [0.05, 0.1) is 12.4 Å². The Morgan fingerprint density at radius 1 is 1.25 bits per heavy atom. The Bertz CT molecular complexity index is 440. The Kier molecular flexibility index (Phi) is 5.43. The second kappa shape index (κ2) is 6.30. The summed E-state index contributed by atoms with van der Waals surface area (Å²) in [5.74, 6) is 0.0680. The number of hydrogen-bond donors (Lipinski definition) is 1. The Morgan fingerprint density at radius 2 is 1.85 bits per heavy atom. The quantitative estimate of drug-likeness (QED) is 0.807. The van der Waals surface area contributed by atoms with Crippen molar-refractivity contribution in [2.75, 3.05) is 6.26 Å². The Morgan fingerprint density at radius 3 is 2.30 bits per heavy atom. The highest BCUT2D eigenvalue weighted by atomic mass is 32.2. The third-order valence-corrected chi connectivity index (χ3v) is 3.71. The van der Waals surface area contributed by atoms with Crippen LogP contribution in [0.15, 0.2) is 0 Å². The summed E-state index contributed by atoms with van der Waals surface area (Å²) in [6.45, 7) is 7.36. The monoisotopic (exact) mass is 307 g/mol. The van der Waals surface area contributed by atoms with E-state index >= 15 is 0 Å². The fraction of sp³-hybridized carbons (Fsp3) is 0.923. The van der Waals surface area contributed by atoms with Crippen molar-refractivity contribution in [3.63, 3.8) is 0 Å². The molecule has 1 aliphatic carbocycles. The third kappa shape index (κ3) is 6.56. The van der Waals surface area contributed by atoms with Gasteiger partial charge in [0.25, 0.3) is 10.1 Å². The lowest BCUT2D eigenvalue weighted by atomic mass is 9.85. The summed E-state index contributed by atoms with van der Waals surface area (Å²) in [6.07, 6.45) is 2.29. The molecule has 0 aliphatic heterocycles. The van der Waals surface area contributed by atoms with Crippen molar-refractivity contribution < 1.29 is 22.1 Å². The maximum absolute atomic E-state index is 11.7. The lowest BCUT2D eigenvalue weighted by Crippen LogP contribution is -2.44. The summed E-state index contributed by atoms with van der Waals surface area (Å²) in [4.78, 5) is 11.7. The van der Waals surface area contributed by atoms with Crippen LogP contribution >= 0.6 is 0 Å². The van der Waals surface area contributed by atoms with E-state index in [1.165, 1.54) is 0 Å². The molecule has 0 unspecified atom stereocenters. The summed E-state index contributed by atoms with van der Waals surface area (Å²) < 4.78 is 32.6. The van der Waals surface area contributed by atoms with E-state index in [0.717, 1.165) is 6.26 Å². The highest BCUT2D eigenvalue weighted by Crippen LogP contribution is 2.28. The van der Waals surface area contributed by atoms with Crippen LogP contribution in [0.2, 0.25) is 0 Å². The van der Waals surface area contributed by atoms with Crippen LogP contribution in [0.1, 0.15) is 47.0 Å². The number of rotatable bonds is 3. The standard InChI is InChI=1S/C13H25NO5S/c1-9-8-10(14-12(15)18-13(2,3)4)6-7-11(9)19-20(5,16)17/h9-11H,6-8H2,1-5H3,(H,14,15)/t9-,10-,11-/m0/s1. The minimum Gasteiger partial charge on any atom is -0.444 e. The van der Waals surface area contributed by atoms with Gasteiger partial charge < -0.3 is 10.1 Å². The van der Waals surface area contributed by atoms with Crippen LogP contribution in [0.25, 0.3) is 0 Å². The second-order valence-corrected chi connectivity index (χ2v) is 8.07. The molecule has 0 aromatic heterocycles. The van der Waals surface area contributed by atoms with Crippen LogP contribution in [-0.4, -0.2) is 38.5 Å². The number of carbonyl (C=O) groups excluding carboxylic acids is 1. The van der Waals surface area contributed by atoms with Gasteiger partial charge >= 0.3 is 6.09 Å².